The fourth-order valence-electron chi connectivity index (χ4n) is 1.34. The number of nitrogens with zero attached hydrogens (tertiary/aromatic N) is 1. The van der Waals surface area contributed by atoms with Crippen molar-refractivity contribution < 1.29 is 4.52 Å². The molecule has 0 fully saturated rings. The van der Waals surface area contributed by atoms with Crippen molar-refractivity contribution in [3.05, 3.63) is 34.2 Å². The molecule has 14 heavy (non-hydrogen) atoms. The van der Waals surface area contributed by atoms with E-state index in [-0.39, 0.29) is 0 Å². The highest BCUT2D eigenvalue weighted by molar-refractivity contribution is 7.09. The van der Waals surface area contributed by atoms with Crippen LogP contribution in [0.3, 0.4) is 0 Å². The maximum atomic E-state index is 5.44. The Morgan fingerprint density at radius 2 is 2.36 bits per heavy atom. The molecule has 0 aromatic carbocycles. The molecule has 0 aliphatic heterocycles. The zero-order chi connectivity index (χ0) is 9.80. The van der Waals surface area contributed by atoms with E-state index in [4.69, 9.17) is 10.3 Å². The monoisotopic (exact) mass is 208 g/mol. The van der Waals surface area contributed by atoms with Gasteiger partial charge in [-0.3, -0.25) is 0 Å². The van der Waals surface area contributed by atoms with Gasteiger partial charge in [-0.25, -0.2) is 0 Å². The van der Waals surface area contributed by atoms with E-state index in [1.54, 1.807) is 17.4 Å². The SMILES string of the molecule is Nc1cc(CCCc2cccs2)on1. The summed E-state index contributed by atoms with van der Waals surface area (Å²) in [5.41, 5.74) is 5.44. The van der Waals surface area contributed by atoms with Crippen LogP contribution in [0.25, 0.3) is 0 Å². The van der Waals surface area contributed by atoms with E-state index in [9.17, 15) is 0 Å². The minimum Gasteiger partial charge on any atom is -0.381 e. The van der Waals surface area contributed by atoms with Crippen LogP contribution in [-0.2, 0) is 12.8 Å². The van der Waals surface area contributed by atoms with Crippen LogP contribution in [-0.4, -0.2) is 5.16 Å². The summed E-state index contributed by atoms with van der Waals surface area (Å²) < 4.78 is 5.01. The van der Waals surface area contributed by atoms with Crippen molar-refractivity contribution in [2.75, 3.05) is 5.73 Å². The second kappa shape index (κ2) is 4.28. The fourth-order valence-corrected chi connectivity index (χ4v) is 2.09. The summed E-state index contributed by atoms with van der Waals surface area (Å²) in [5, 5.41) is 5.74. The summed E-state index contributed by atoms with van der Waals surface area (Å²) in [4.78, 5) is 1.41. The van der Waals surface area contributed by atoms with Gasteiger partial charge in [-0.15, -0.1) is 11.3 Å². The Morgan fingerprint density at radius 3 is 3.00 bits per heavy atom. The highest BCUT2D eigenvalue weighted by Gasteiger charge is 2.01. The van der Waals surface area contributed by atoms with Gasteiger partial charge in [0.1, 0.15) is 5.76 Å². The van der Waals surface area contributed by atoms with Crippen molar-refractivity contribution in [2.45, 2.75) is 19.3 Å². The minimum absolute atomic E-state index is 0.469. The van der Waals surface area contributed by atoms with E-state index >= 15 is 0 Å². The summed E-state index contributed by atoms with van der Waals surface area (Å²) >= 11 is 1.79. The predicted octanol–water partition coefficient (Wildman–Crippen LogP) is 2.49. The first-order valence-corrected chi connectivity index (χ1v) is 5.46. The molecule has 0 radical (unpaired) electrons. The van der Waals surface area contributed by atoms with E-state index in [0.29, 0.717) is 5.82 Å². The highest BCUT2D eigenvalue weighted by atomic mass is 32.1. The predicted molar refractivity (Wildman–Crippen MR) is 57.3 cm³/mol. The second-order valence-corrected chi connectivity index (χ2v) is 4.18. The first kappa shape index (κ1) is 9.27. The van der Waals surface area contributed by atoms with E-state index < -0.39 is 0 Å². The first-order chi connectivity index (χ1) is 6.84. The summed E-state index contributed by atoms with van der Waals surface area (Å²) in [6, 6.07) is 6.01. The van der Waals surface area contributed by atoms with E-state index in [1.165, 1.54) is 4.88 Å². The van der Waals surface area contributed by atoms with Crippen LogP contribution in [0, 0.1) is 0 Å². The van der Waals surface area contributed by atoms with Gasteiger partial charge in [-0.2, -0.15) is 0 Å². The van der Waals surface area contributed by atoms with Gasteiger partial charge in [0.05, 0.1) is 0 Å². The molecular weight excluding hydrogens is 196 g/mol. The van der Waals surface area contributed by atoms with Gasteiger partial charge >= 0.3 is 0 Å². The Labute approximate surface area is 86.5 Å². The van der Waals surface area contributed by atoms with E-state index in [2.05, 4.69) is 22.7 Å². The van der Waals surface area contributed by atoms with Gasteiger partial charge < -0.3 is 10.3 Å². The lowest BCUT2D eigenvalue weighted by molar-refractivity contribution is 0.383. The summed E-state index contributed by atoms with van der Waals surface area (Å²) in [6.45, 7) is 0. The van der Waals surface area contributed by atoms with Gasteiger partial charge in [0.25, 0.3) is 0 Å². The van der Waals surface area contributed by atoms with E-state index in [0.717, 1.165) is 25.0 Å². The number of rotatable bonds is 4. The summed E-state index contributed by atoms with van der Waals surface area (Å²) in [7, 11) is 0. The first-order valence-electron chi connectivity index (χ1n) is 4.58. The Balaban J connectivity index is 1.78. The molecule has 0 bridgehead atoms. The van der Waals surface area contributed by atoms with Crippen LogP contribution >= 0.6 is 11.3 Å². The normalized spacial score (nSPS) is 10.6. The molecular formula is C10H12N2OS. The molecule has 4 heteroatoms. The molecule has 2 N–H and O–H groups in total. The maximum absolute atomic E-state index is 5.44. The lowest BCUT2D eigenvalue weighted by Gasteiger charge is -1.94. The largest absolute Gasteiger partial charge is 0.381 e. The lowest BCUT2D eigenvalue weighted by atomic mass is 10.2. The Hall–Kier alpha value is -1.29. The molecule has 74 valence electrons. The Bertz CT molecular complexity index is 380. The second-order valence-electron chi connectivity index (χ2n) is 3.15. The standard InChI is InChI=1S/C10H12N2OS/c11-10-7-8(13-12-10)3-1-4-9-5-2-6-14-9/h2,5-7H,1,3-4H2,(H2,11,12). The van der Waals surface area contributed by atoms with Gasteiger partial charge in [-0.1, -0.05) is 11.2 Å². The average Bonchev–Trinajstić information content (AvgIpc) is 2.77. The van der Waals surface area contributed by atoms with Crippen LogP contribution in [0.2, 0.25) is 0 Å². The number of aromatic nitrogens is 1. The number of hydrogen-bond acceptors (Lipinski definition) is 4. The summed E-state index contributed by atoms with van der Waals surface area (Å²) in [6.07, 6.45) is 3.08. The van der Waals surface area contributed by atoms with Gasteiger partial charge in [0, 0.05) is 17.4 Å². The highest BCUT2D eigenvalue weighted by Crippen LogP contribution is 2.13. The third-order valence-electron chi connectivity index (χ3n) is 2.00. The molecule has 0 aliphatic rings. The van der Waals surface area contributed by atoms with Crippen LogP contribution in [0.5, 0.6) is 0 Å². The van der Waals surface area contributed by atoms with Crippen molar-refractivity contribution >= 4 is 17.2 Å². The number of anilines is 1. The number of aryl methyl sites for hydroxylation is 2. The smallest absolute Gasteiger partial charge is 0.167 e. The molecule has 0 saturated heterocycles. The van der Waals surface area contributed by atoms with Crippen LogP contribution in [0.4, 0.5) is 5.82 Å². The van der Waals surface area contributed by atoms with Crippen molar-refractivity contribution in [2.24, 2.45) is 0 Å². The number of thiophene rings is 1. The van der Waals surface area contributed by atoms with Crippen molar-refractivity contribution in [1.82, 2.24) is 5.16 Å². The zero-order valence-electron chi connectivity index (χ0n) is 7.77. The van der Waals surface area contributed by atoms with Gasteiger partial charge in [0.2, 0.25) is 0 Å². The molecule has 0 aliphatic carbocycles. The number of hydrogen-bond donors (Lipinski definition) is 1. The van der Waals surface area contributed by atoms with Crippen molar-refractivity contribution in [3.63, 3.8) is 0 Å². The Morgan fingerprint density at radius 1 is 1.43 bits per heavy atom. The molecule has 2 aromatic rings. The van der Waals surface area contributed by atoms with Gasteiger partial charge in [-0.05, 0) is 24.3 Å². The maximum Gasteiger partial charge on any atom is 0.167 e. The number of nitrogens with two attached hydrogens (primary N) is 1. The molecule has 0 atom stereocenters. The van der Waals surface area contributed by atoms with Crippen LogP contribution < -0.4 is 5.73 Å². The molecule has 2 heterocycles. The Kier molecular flexibility index (Phi) is 2.84. The third-order valence-corrected chi connectivity index (χ3v) is 2.94. The summed E-state index contributed by atoms with van der Waals surface area (Å²) in [5.74, 6) is 1.34. The quantitative estimate of drug-likeness (QED) is 0.839. The van der Waals surface area contributed by atoms with Crippen molar-refractivity contribution in [1.29, 1.82) is 0 Å². The molecule has 0 saturated carbocycles. The topological polar surface area (TPSA) is 52.0 Å². The lowest BCUT2D eigenvalue weighted by Crippen LogP contribution is -1.85. The van der Waals surface area contributed by atoms with Crippen LogP contribution in [0.1, 0.15) is 17.1 Å². The third kappa shape index (κ3) is 2.35. The molecule has 2 rings (SSSR count). The molecule has 0 unspecified atom stereocenters. The fraction of sp³-hybridized carbons (Fsp3) is 0.300. The minimum atomic E-state index is 0.469. The van der Waals surface area contributed by atoms with Gasteiger partial charge in [0.15, 0.2) is 5.82 Å². The molecule has 0 spiro atoms. The van der Waals surface area contributed by atoms with E-state index in [1.807, 2.05) is 0 Å². The molecule has 0 amide bonds. The number of nitrogen functional groups attached to an aromatic ring is 1. The molecule has 2 aromatic heterocycles. The van der Waals surface area contributed by atoms with Crippen molar-refractivity contribution in [3.8, 4) is 0 Å². The molecule has 3 nitrogen and oxygen atoms in total. The van der Waals surface area contributed by atoms with Crippen LogP contribution in [0.15, 0.2) is 28.1 Å². The zero-order valence-corrected chi connectivity index (χ0v) is 8.59. The average molecular weight is 208 g/mol.